The van der Waals surface area contributed by atoms with Crippen LogP contribution in [0.15, 0.2) is 70.3 Å². The van der Waals surface area contributed by atoms with E-state index in [4.69, 9.17) is 4.98 Å². The van der Waals surface area contributed by atoms with Crippen LogP contribution in [-0.2, 0) is 26.4 Å². The first kappa shape index (κ1) is 22.2. The predicted octanol–water partition coefficient (Wildman–Crippen LogP) is 3.52. The van der Waals surface area contributed by atoms with Gasteiger partial charge in [-0.2, -0.15) is 4.98 Å². The molecule has 1 aliphatic rings. The molecule has 0 amide bonds. The van der Waals surface area contributed by atoms with Crippen LogP contribution in [0, 0.1) is 5.92 Å². The highest BCUT2D eigenvalue weighted by Crippen LogP contribution is 2.27. The van der Waals surface area contributed by atoms with Crippen molar-refractivity contribution in [1.82, 2.24) is 19.1 Å². The molecule has 1 aliphatic heterocycles. The van der Waals surface area contributed by atoms with Crippen molar-refractivity contribution in [2.45, 2.75) is 38.6 Å². The number of hydrogen-bond acceptors (Lipinski definition) is 4. The average Bonchev–Trinajstić information content (AvgIpc) is 3.25. The van der Waals surface area contributed by atoms with E-state index >= 15 is 0 Å². The summed E-state index contributed by atoms with van der Waals surface area (Å²) in [7, 11) is 1.66. The summed E-state index contributed by atoms with van der Waals surface area (Å²) < 4.78 is 3.46. The van der Waals surface area contributed by atoms with Crippen molar-refractivity contribution in [2.75, 3.05) is 18.0 Å². The van der Waals surface area contributed by atoms with E-state index in [1.54, 1.807) is 7.05 Å². The number of hydrogen-bond donors (Lipinski definition) is 1. The van der Waals surface area contributed by atoms with E-state index in [1.165, 1.54) is 15.7 Å². The molecule has 0 bridgehead atoms. The second-order valence-corrected chi connectivity index (χ2v) is 9.26. The molecule has 0 aliphatic carbocycles. The minimum atomic E-state index is -0.431. The third kappa shape index (κ3) is 4.55. The first-order valence-corrected chi connectivity index (χ1v) is 12.1. The molecule has 7 nitrogen and oxygen atoms in total. The largest absolute Gasteiger partial charge is 0.342 e. The van der Waals surface area contributed by atoms with Gasteiger partial charge in [0.15, 0.2) is 11.2 Å². The molecule has 34 heavy (non-hydrogen) atoms. The fourth-order valence-corrected chi connectivity index (χ4v) is 5.05. The molecule has 176 valence electrons. The molecule has 1 N–H and O–H groups in total. The monoisotopic (exact) mass is 457 g/mol. The summed E-state index contributed by atoms with van der Waals surface area (Å²) in [6, 6.07) is 21.0. The number of aryl methyl sites for hydroxylation is 3. The van der Waals surface area contributed by atoms with E-state index < -0.39 is 5.69 Å². The number of aromatic amines is 1. The molecule has 0 atom stereocenters. The Morgan fingerprint density at radius 3 is 2.26 bits per heavy atom. The van der Waals surface area contributed by atoms with Gasteiger partial charge in [-0.25, -0.2) is 4.79 Å². The second kappa shape index (κ2) is 9.71. The minimum absolute atomic E-state index is 0.365. The fourth-order valence-electron chi connectivity index (χ4n) is 5.05. The normalized spacial score (nSPS) is 14.7. The summed E-state index contributed by atoms with van der Waals surface area (Å²) in [5, 5.41) is 0. The van der Waals surface area contributed by atoms with Crippen molar-refractivity contribution >= 4 is 17.1 Å². The summed E-state index contributed by atoms with van der Waals surface area (Å²) in [5.41, 5.74) is 2.80. The van der Waals surface area contributed by atoms with E-state index in [0.29, 0.717) is 23.6 Å². The molecule has 5 rings (SSSR count). The van der Waals surface area contributed by atoms with Gasteiger partial charge in [-0.3, -0.25) is 14.3 Å². The van der Waals surface area contributed by atoms with Gasteiger partial charge < -0.3 is 9.47 Å². The van der Waals surface area contributed by atoms with Crippen molar-refractivity contribution in [1.29, 1.82) is 0 Å². The number of H-pyrrole nitrogens is 1. The summed E-state index contributed by atoms with van der Waals surface area (Å²) in [6.07, 6.45) is 5.06. The number of benzene rings is 2. The van der Waals surface area contributed by atoms with Crippen molar-refractivity contribution in [3.8, 4) is 0 Å². The highest BCUT2D eigenvalue weighted by atomic mass is 16.2. The fraction of sp³-hybridized carbons (Fsp3) is 0.370. The van der Waals surface area contributed by atoms with Gasteiger partial charge in [0.2, 0.25) is 5.95 Å². The Morgan fingerprint density at radius 1 is 0.941 bits per heavy atom. The topological polar surface area (TPSA) is 75.9 Å². The molecule has 0 spiro atoms. The van der Waals surface area contributed by atoms with Crippen LogP contribution in [0.3, 0.4) is 0 Å². The number of imidazole rings is 1. The minimum Gasteiger partial charge on any atom is -0.342 e. The van der Waals surface area contributed by atoms with Gasteiger partial charge in [-0.15, -0.1) is 0 Å². The van der Waals surface area contributed by atoms with Crippen LogP contribution in [-0.4, -0.2) is 32.2 Å². The predicted molar refractivity (Wildman–Crippen MR) is 135 cm³/mol. The van der Waals surface area contributed by atoms with Crippen LogP contribution in [0.25, 0.3) is 11.2 Å². The Labute approximate surface area is 198 Å². The first-order chi connectivity index (χ1) is 16.6. The van der Waals surface area contributed by atoms with Crippen LogP contribution < -0.4 is 16.1 Å². The van der Waals surface area contributed by atoms with E-state index in [0.717, 1.165) is 51.1 Å². The average molecular weight is 458 g/mol. The third-order valence-corrected chi connectivity index (χ3v) is 6.94. The maximum Gasteiger partial charge on any atom is 0.329 e. The standard InChI is InChI=1S/C27H31N5O2/c1-30-24-23(25(33)29-27(30)34)32(16-8-13-20-9-4-2-5-10-20)26(28-24)31-17-14-22(15-18-31)19-21-11-6-3-7-12-21/h2-7,9-12,22H,8,13-19H2,1H3,(H,29,33,34). The zero-order chi connectivity index (χ0) is 23.5. The summed E-state index contributed by atoms with van der Waals surface area (Å²) in [5.74, 6) is 1.44. The number of nitrogens with zero attached hydrogens (tertiary/aromatic N) is 4. The Kier molecular flexibility index (Phi) is 6.34. The molecule has 0 saturated carbocycles. The maximum absolute atomic E-state index is 12.8. The molecule has 4 aromatic rings. The molecule has 1 saturated heterocycles. The highest BCUT2D eigenvalue weighted by Gasteiger charge is 2.25. The van der Waals surface area contributed by atoms with Gasteiger partial charge in [0, 0.05) is 26.7 Å². The lowest BCUT2D eigenvalue weighted by Gasteiger charge is -2.33. The Morgan fingerprint density at radius 2 is 1.59 bits per heavy atom. The lowest BCUT2D eigenvalue weighted by molar-refractivity contribution is 0.398. The number of piperidine rings is 1. The van der Waals surface area contributed by atoms with E-state index in [9.17, 15) is 9.59 Å². The van der Waals surface area contributed by atoms with E-state index in [2.05, 4.69) is 52.3 Å². The molecule has 0 radical (unpaired) electrons. The highest BCUT2D eigenvalue weighted by molar-refractivity contribution is 5.74. The van der Waals surface area contributed by atoms with Crippen LogP contribution >= 0.6 is 0 Å². The van der Waals surface area contributed by atoms with E-state index in [1.807, 2.05) is 22.8 Å². The number of fused-ring (bicyclic) bond motifs is 1. The van der Waals surface area contributed by atoms with Gasteiger partial charge in [-0.1, -0.05) is 60.7 Å². The molecule has 3 heterocycles. The smallest absolute Gasteiger partial charge is 0.329 e. The number of anilines is 1. The zero-order valence-corrected chi connectivity index (χ0v) is 19.6. The lowest BCUT2D eigenvalue weighted by Crippen LogP contribution is -2.36. The second-order valence-electron chi connectivity index (χ2n) is 9.26. The van der Waals surface area contributed by atoms with Gasteiger partial charge in [0.05, 0.1) is 0 Å². The molecule has 2 aromatic carbocycles. The van der Waals surface area contributed by atoms with Gasteiger partial charge in [0.25, 0.3) is 5.56 Å². The van der Waals surface area contributed by atoms with Crippen LogP contribution in [0.1, 0.15) is 30.4 Å². The van der Waals surface area contributed by atoms with Gasteiger partial charge in [0.1, 0.15) is 0 Å². The van der Waals surface area contributed by atoms with Crippen molar-refractivity contribution in [2.24, 2.45) is 13.0 Å². The molecule has 2 aromatic heterocycles. The molecule has 7 heteroatoms. The summed E-state index contributed by atoms with van der Waals surface area (Å²) >= 11 is 0. The Hall–Kier alpha value is -3.61. The lowest BCUT2D eigenvalue weighted by atomic mass is 9.90. The number of rotatable bonds is 7. The quantitative estimate of drug-likeness (QED) is 0.461. The van der Waals surface area contributed by atoms with Gasteiger partial charge in [-0.05, 0) is 49.1 Å². The first-order valence-electron chi connectivity index (χ1n) is 12.1. The van der Waals surface area contributed by atoms with Crippen LogP contribution in [0.2, 0.25) is 0 Å². The van der Waals surface area contributed by atoms with Crippen molar-refractivity contribution in [3.05, 3.63) is 92.6 Å². The molecule has 0 unspecified atom stereocenters. The van der Waals surface area contributed by atoms with Gasteiger partial charge >= 0.3 is 5.69 Å². The summed E-state index contributed by atoms with van der Waals surface area (Å²) in [4.78, 5) is 34.6. The maximum atomic E-state index is 12.8. The Bertz CT molecular complexity index is 1360. The molecule has 1 fully saturated rings. The number of aromatic nitrogens is 4. The van der Waals surface area contributed by atoms with Crippen molar-refractivity contribution < 1.29 is 0 Å². The summed E-state index contributed by atoms with van der Waals surface area (Å²) in [6.45, 7) is 2.46. The Balaban J connectivity index is 1.39. The SMILES string of the molecule is Cn1c(=O)[nH]c(=O)c2c1nc(N1CCC(Cc3ccccc3)CC1)n2CCCc1ccccc1. The van der Waals surface area contributed by atoms with Crippen LogP contribution in [0.5, 0.6) is 0 Å². The van der Waals surface area contributed by atoms with E-state index in [-0.39, 0.29) is 5.56 Å². The molecular weight excluding hydrogens is 426 g/mol. The third-order valence-electron chi connectivity index (χ3n) is 6.94. The zero-order valence-electron chi connectivity index (χ0n) is 19.6. The van der Waals surface area contributed by atoms with Crippen LogP contribution in [0.4, 0.5) is 5.95 Å². The molecular formula is C27H31N5O2. The van der Waals surface area contributed by atoms with Crippen molar-refractivity contribution in [3.63, 3.8) is 0 Å². The number of nitrogens with one attached hydrogen (secondary N) is 1.